The van der Waals surface area contributed by atoms with Gasteiger partial charge in [-0.1, -0.05) is 12.1 Å². The maximum Gasteiger partial charge on any atom is 0.240 e. The van der Waals surface area contributed by atoms with Crippen molar-refractivity contribution in [1.29, 1.82) is 0 Å². The lowest BCUT2D eigenvalue weighted by Gasteiger charge is -2.16. The van der Waals surface area contributed by atoms with Crippen LogP contribution in [0.1, 0.15) is 12.5 Å². The molecule has 160 valence electrons. The van der Waals surface area contributed by atoms with Crippen LogP contribution in [0.15, 0.2) is 59.8 Å². The highest BCUT2D eigenvalue weighted by molar-refractivity contribution is 7.89. The highest BCUT2D eigenvalue weighted by Crippen LogP contribution is 2.32. The summed E-state index contributed by atoms with van der Waals surface area (Å²) < 4.78 is 26.3. The maximum absolute atomic E-state index is 12.0. The lowest BCUT2D eigenvalue weighted by molar-refractivity contribution is -0.116. The van der Waals surface area contributed by atoms with E-state index in [9.17, 15) is 13.2 Å². The van der Waals surface area contributed by atoms with Gasteiger partial charge in [-0.2, -0.15) is 0 Å². The van der Waals surface area contributed by atoms with Gasteiger partial charge in [-0.25, -0.2) is 23.1 Å². The number of sulfonamides is 1. The molecule has 0 saturated heterocycles. The molecule has 0 bridgehead atoms. The Hall–Kier alpha value is -3.50. The summed E-state index contributed by atoms with van der Waals surface area (Å²) >= 11 is 0. The van der Waals surface area contributed by atoms with Gasteiger partial charge in [0.1, 0.15) is 18.0 Å². The molecule has 10 heteroatoms. The number of anilines is 5. The van der Waals surface area contributed by atoms with Gasteiger partial charge in [0, 0.05) is 36.6 Å². The SMILES string of the molecule is CNS(=O)(=O)c1cccc(Nc2cc(Nc3ccc4c(c3)N(C(C)=O)CC4)ncn2)c1. The van der Waals surface area contributed by atoms with Crippen LogP contribution in [0.3, 0.4) is 0 Å². The molecule has 9 nitrogen and oxygen atoms in total. The smallest absolute Gasteiger partial charge is 0.240 e. The van der Waals surface area contributed by atoms with E-state index < -0.39 is 10.0 Å². The van der Waals surface area contributed by atoms with Crippen LogP contribution in [0, 0.1) is 0 Å². The van der Waals surface area contributed by atoms with Crippen molar-refractivity contribution in [3.63, 3.8) is 0 Å². The summed E-state index contributed by atoms with van der Waals surface area (Å²) in [4.78, 5) is 22.2. The maximum atomic E-state index is 12.0. The number of nitrogens with zero attached hydrogens (tertiary/aromatic N) is 3. The van der Waals surface area contributed by atoms with E-state index in [1.165, 1.54) is 25.5 Å². The van der Waals surface area contributed by atoms with Crippen molar-refractivity contribution >= 4 is 44.6 Å². The molecule has 3 aromatic rings. The number of amides is 1. The fraction of sp³-hybridized carbons (Fsp3) is 0.190. The fourth-order valence-electron chi connectivity index (χ4n) is 3.43. The lowest BCUT2D eigenvalue weighted by Crippen LogP contribution is -2.25. The van der Waals surface area contributed by atoms with Crippen LogP contribution in [0.25, 0.3) is 0 Å². The van der Waals surface area contributed by atoms with E-state index in [0.29, 0.717) is 23.9 Å². The minimum Gasteiger partial charge on any atom is -0.340 e. The molecule has 3 N–H and O–H groups in total. The Bertz CT molecular complexity index is 1250. The summed E-state index contributed by atoms with van der Waals surface area (Å²) in [6.45, 7) is 2.26. The van der Waals surface area contributed by atoms with Gasteiger partial charge < -0.3 is 15.5 Å². The summed E-state index contributed by atoms with van der Waals surface area (Å²) in [6.07, 6.45) is 2.26. The second kappa shape index (κ2) is 8.32. The molecule has 1 aliphatic rings. The van der Waals surface area contributed by atoms with Gasteiger partial charge in [-0.3, -0.25) is 4.79 Å². The number of fused-ring (bicyclic) bond motifs is 1. The largest absolute Gasteiger partial charge is 0.340 e. The highest BCUT2D eigenvalue weighted by Gasteiger charge is 2.22. The number of rotatable bonds is 6. The quantitative estimate of drug-likeness (QED) is 0.542. The average Bonchev–Trinajstić information content (AvgIpc) is 3.18. The molecule has 0 unspecified atom stereocenters. The molecule has 0 saturated carbocycles. The van der Waals surface area contributed by atoms with Crippen LogP contribution in [-0.2, 0) is 21.2 Å². The summed E-state index contributed by atoms with van der Waals surface area (Å²) in [6, 6.07) is 14.1. The molecule has 1 amide bonds. The van der Waals surface area contributed by atoms with Gasteiger partial charge in [0.25, 0.3) is 0 Å². The van der Waals surface area contributed by atoms with E-state index in [-0.39, 0.29) is 10.8 Å². The van der Waals surface area contributed by atoms with Gasteiger partial charge >= 0.3 is 0 Å². The normalized spacial score (nSPS) is 13.0. The molecule has 0 aliphatic carbocycles. The van der Waals surface area contributed by atoms with Crippen LogP contribution >= 0.6 is 0 Å². The molecule has 2 aromatic carbocycles. The van der Waals surface area contributed by atoms with Crippen LogP contribution in [0.4, 0.5) is 28.7 Å². The zero-order chi connectivity index (χ0) is 22.0. The molecule has 31 heavy (non-hydrogen) atoms. The molecule has 1 aliphatic heterocycles. The zero-order valence-corrected chi connectivity index (χ0v) is 17.9. The summed E-state index contributed by atoms with van der Waals surface area (Å²) in [5.41, 5.74) is 3.43. The van der Waals surface area contributed by atoms with Crippen LogP contribution in [0.2, 0.25) is 0 Å². The van der Waals surface area contributed by atoms with Crippen molar-refractivity contribution in [1.82, 2.24) is 14.7 Å². The first-order valence-corrected chi connectivity index (χ1v) is 11.1. The van der Waals surface area contributed by atoms with Crippen LogP contribution < -0.4 is 20.3 Å². The van der Waals surface area contributed by atoms with Crippen LogP contribution in [0.5, 0.6) is 0 Å². The number of nitrogens with one attached hydrogen (secondary N) is 3. The summed E-state index contributed by atoms with van der Waals surface area (Å²) in [5, 5.41) is 6.32. The van der Waals surface area contributed by atoms with E-state index in [0.717, 1.165) is 23.4 Å². The van der Waals surface area contributed by atoms with Crippen molar-refractivity contribution in [2.45, 2.75) is 18.2 Å². The fourth-order valence-corrected chi connectivity index (χ4v) is 4.21. The Kier molecular flexibility index (Phi) is 5.57. The monoisotopic (exact) mass is 438 g/mol. The van der Waals surface area contributed by atoms with Gasteiger partial charge in [0.2, 0.25) is 15.9 Å². The van der Waals surface area contributed by atoms with Crippen LogP contribution in [-0.4, -0.2) is 37.9 Å². The standard InChI is InChI=1S/C21H22N6O3S/c1-14(28)27-9-8-15-6-7-17(11-19(15)27)26-21-12-20(23-13-24-21)25-16-4-3-5-18(10-16)31(29,30)22-2/h3-7,10-13,22H,8-9H2,1-2H3,(H2,23,24,25,26). The van der Waals surface area contributed by atoms with E-state index in [2.05, 4.69) is 25.3 Å². The molecular formula is C21H22N6O3S. The molecule has 0 atom stereocenters. The third-order valence-corrected chi connectivity index (χ3v) is 6.40. The summed E-state index contributed by atoms with van der Waals surface area (Å²) in [7, 11) is -2.17. The number of hydrogen-bond donors (Lipinski definition) is 3. The molecule has 0 radical (unpaired) electrons. The van der Waals surface area contributed by atoms with Gasteiger partial charge in [-0.15, -0.1) is 0 Å². The van der Waals surface area contributed by atoms with E-state index >= 15 is 0 Å². The van der Waals surface area contributed by atoms with Gasteiger partial charge in [0.05, 0.1) is 4.90 Å². The van der Waals surface area contributed by atoms with Crippen molar-refractivity contribution in [3.8, 4) is 0 Å². The van der Waals surface area contributed by atoms with E-state index in [1.54, 1.807) is 30.0 Å². The molecule has 2 heterocycles. The van der Waals surface area contributed by atoms with Crippen molar-refractivity contribution < 1.29 is 13.2 Å². The van der Waals surface area contributed by atoms with E-state index in [4.69, 9.17) is 0 Å². The average molecular weight is 439 g/mol. The van der Waals surface area contributed by atoms with Crippen molar-refractivity contribution in [2.75, 3.05) is 29.1 Å². The van der Waals surface area contributed by atoms with Crippen molar-refractivity contribution in [3.05, 3.63) is 60.4 Å². The predicted octanol–water partition coefficient (Wildman–Crippen LogP) is 2.78. The number of hydrogen-bond acceptors (Lipinski definition) is 7. The Morgan fingerprint density at radius 1 is 1.00 bits per heavy atom. The molecule has 0 spiro atoms. The third kappa shape index (κ3) is 4.49. The van der Waals surface area contributed by atoms with Crippen molar-refractivity contribution in [2.24, 2.45) is 0 Å². The topological polar surface area (TPSA) is 116 Å². The number of carbonyl (C=O) groups is 1. The second-order valence-corrected chi connectivity index (χ2v) is 8.92. The van der Waals surface area contributed by atoms with Gasteiger partial charge in [0.15, 0.2) is 0 Å². The number of aromatic nitrogens is 2. The first-order chi connectivity index (χ1) is 14.9. The summed E-state index contributed by atoms with van der Waals surface area (Å²) in [5.74, 6) is 1.08. The molecule has 4 rings (SSSR count). The first kappa shape index (κ1) is 20.8. The zero-order valence-electron chi connectivity index (χ0n) is 17.1. The first-order valence-electron chi connectivity index (χ1n) is 9.66. The molecule has 1 aromatic heterocycles. The minimum atomic E-state index is -3.54. The van der Waals surface area contributed by atoms with Gasteiger partial charge in [-0.05, 0) is 49.4 Å². The Morgan fingerprint density at radius 3 is 2.39 bits per heavy atom. The highest BCUT2D eigenvalue weighted by atomic mass is 32.2. The Balaban J connectivity index is 1.53. The number of carbonyl (C=O) groups excluding carboxylic acids is 1. The minimum absolute atomic E-state index is 0.0203. The predicted molar refractivity (Wildman–Crippen MR) is 119 cm³/mol. The van der Waals surface area contributed by atoms with E-state index in [1.807, 2.05) is 18.2 Å². The number of benzene rings is 2. The second-order valence-electron chi connectivity index (χ2n) is 7.04. The Morgan fingerprint density at radius 2 is 1.71 bits per heavy atom. The molecular weight excluding hydrogens is 416 g/mol. The Labute approximate surface area is 180 Å². The lowest BCUT2D eigenvalue weighted by atomic mass is 10.1. The third-order valence-electron chi connectivity index (χ3n) is 4.99. The molecule has 0 fully saturated rings.